The maximum atomic E-state index is 12.9. The highest BCUT2D eigenvalue weighted by Gasteiger charge is 2.21. The van der Waals surface area contributed by atoms with Crippen LogP contribution in [0.15, 0.2) is 82.8 Å². The van der Waals surface area contributed by atoms with Crippen molar-refractivity contribution in [2.24, 2.45) is 5.41 Å². The van der Waals surface area contributed by atoms with Crippen molar-refractivity contribution in [2.45, 2.75) is 30.7 Å². The van der Waals surface area contributed by atoms with Crippen LogP contribution in [0.25, 0.3) is 0 Å². The second kappa shape index (κ2) is 8.92. The number of carbonyl (C=O) groups excluding carboxylic acids is 2. The van der Waals surface area contributed by atoms with E-state index in [9.17, 15) is 9.59 Å². The van der Waals surface area contributed by atoms with Gasteiger partial charge in [0.25, 0.3) is 5.91 Å². The number of amides is 2. The molecule has 2 aromatic carbocycles. The number of benzene rings is 2. The van der Waals surface area contributed by atoms with Crippen LogP contribution in [-0.2, 0) is 4.79 Å². The number of aromatic nitrogens is 1. The fourth-order valence-corrected chi connectivity index (χ4v) is 3.34. The summed E-state index contributed by atoms with van der Waals surface area (Å²) in [5.74, 6) is -0.342. The first kappa shape index (κ1) is 20.6. The van der Waals surface area contributed by atoms with Gasteiger partial charge in [-0.2, -0.15) is 0 Å². The number of pyridine rings is 1. The van der Waals surface area contributed by atoms with Gasteiger partial charge in [0.1, 0.15) is 5.03 Å². The maximum absolute atomic E-state index is 12.9. The van der Waals surface area contributed by atoms with Crippen LogP contribution in [-0.4, -0.2) is 16.8 Å². The lowest BCUT2D eigenvalue weighted by Crippen LogP contribution is -2.27. The van der Waals surface area contributed by atoms with Gasteiger partial charge in [-0.05, 0) is 42.5 Å². The minimum Gasteiger partial charge on any atom is -0.326 e. The van der Waals surface area contributed by atoms with Crippen LogP contribution >= 0.6 is 11.8 Å². The summed E-state index contributed by atoms with van der Waals surface area (Å²) in [5, 5.41) is 6.40. The monoisotopic (exact) mass is 405 g/mol. The van der Waals surface area contributed by atoms with Crippen LogP contribution in [0.5, 0.6) is 0 Å². The Morgan fingerprint density at radius 1 is 0.862 bits per heavy atom. The molecule has 0 unspecified atom stereocenters. The molecule has 0 radical (unpaired) electrons. The summed E-state index contributed by atoms with van der Waals surface area (Å²) in [5.41, 5.74) is 1.22. The van der Waals surface area contributed by atoms with Gasteiger partial charge < -0.3 is 10.6 Å². The van der Waals surface area contributed by atoms with Gasteiger partial charge in [-0.25, -0.2) is 4.98 Å². The Bertz CT molecular complexity index is 1010. The predicted molar refractivity (Wildman–Crippen MR) is 117 cm³/mol. The van der Waals surface area contributed by atoms with E-state index in [1.54, 1.807) is 42.6 Å². The van der Waals surface area contributed by atoms with Crippen LogP contribution in [0.2, 0.25) is 0 Å². The first-order valence-corrected chi connectivity index (χ1v) is 10.1. The van der Waals surface area contributed by atoms with Gasteiger partial charge in [0.2, 0.25) is 5.91 Å². The smallest absolute Gasteiger partial charge is 0.258 e. The third kappa shape index (κ3) is 5.68. The number of anilines is 2. The first-order valence-electron chi connectivity index (χ1n) is 9.24. The van der Waals surface area contributed by atoms with Gasteiger partial charge in [-0.3, -0.25) is 9.59 Å². The van der Waals surface area contributed by atoms with E-state index in [1.165, 1.54) is 11.8 Å². The molecule has 29 heavy (non-hydrogen) atoms. The molecule has 5 nitrogen and oxygen atoms in total. The van der Waals surface area contributed by atoms with Gasteiger partial charge in [0.15, 0.2) is 0 Å². The van der Waals surface area contributed by atoms with Gasteiger partial charge >= 0.3 is 0 Å². The molecule has 0 fully saturated rings. The molecule has 0 saturated heterocycles. The van der Waals surface area contributed by atoms with Gasteiger partial charge in [0, 0.05) is 27.9 Å². The quantitative estimate of drug-likeness (QED) is 0.590. The average molecular weight is 406 g/mol. The molecule has 0 aliphatic heterocycles. The Labute approximate surface area is 175 Å². The summed E-state index contributed by atoms with van der Waals surface area (Å²) in [6.07, 6.45) is 1.67. The molecule has 0 aliphatic rings. The Morgan fingerprint density at radius 3 is 2.24 bits per heavy atom. The summed E-state index contributed by atoms with van der Waals surface area (Å²) in [6, 6.07) is 20.4. The van der Waals surface area contributed by atoms with Crippen molar-refractivity contribution in [1.29, 1.82) is 0 Å². The summed E-state index contributed by atoms with van der Waals surface area (Å²) >= 11 is 1.44. The SMILES string of the molecule is CC(C)(C)C(=O)Nc1cccc(NC(=O)c2cccnc2Sc2ccccc2)c1. The minimum atomic E-state index is -0.501. The molecule has 6 heteroatoms. The molecule has 0 saturated carbocycles. The summed E-state index contributed by atoms with van der Waals surface area (Å²) in [6.45, 7) is 5.55. The van der Waals surface area contributed by atoms with Crippen LogP contribution in [0, 0.1) is 5.41 Å². The van der Waals surface area contributed by atoms with Crippen molar-refractivity contribution >= 4 is 35.0 Å². The molecule has 2 amide bonds. The van der Waals surface area contributed by atoms with Gasteiger partial charge in [-0.1, -0.05) is 56.8 Å². The Balaban J connectivity index is 1.76. The Hall–Kier alpha value is -3.12. The number of nitrogens with zero attached hydrogens (tertiary/aromatic N) is 1. The molecule has 1 aromatic heterocycles. The van der Waals surface area contributed by atoms with E-state index >= 15 is 0 Å². The van der Waals surface area contributed by atoms with E-state index in [0.717, 1.165) is 4.90 Å². The second-order valence-electron chi connectivity index (χ2n) is 7.51. The standard InChI is InChI=1S/C23H23N3O2S/c1-23(2,3)22(28)26-17-10-7-9-16(15-17)25-20(27)19-13-8-14-24-21(19)29-18-11-5-4-6-12-18/h4-15H,1-3H3,(H,25,27)(H,26,28). The second-order valence-corrected chi connectivity index (χ2v) is 8.57. The van der Waals surface area contributed by atoms with Gasteiger partial charge in [-0.15, -0.1) is 0 Å². The predicted octanol–water partition coefficient (Wildman–Crippen LogP) is 5.47. The number of hydrogen-bond acceptors (Lipinski definition) is 4. The molecular weight excluding hydrogens is 382 g/mol. The lowest BCUT2D eigenvalue weighted by Gasteiger charge is -2.18. The molecule has 3 aromatic rings. The van der Waals surface area contributed by atoms with Crippen molar-refractivity contribution in [3.63, 3.8) is 0 Å². The van der Waals surface area contributed by atoms with Crippen molar-refractivity contribution < 1.29 is 9.59 Å². The minimum absolute atomic E-state index is 0.0882. The summed E-state index contributed by atoms with van der Waals surface area (Å²) < 4.78 is 0. The zero-order chi connectivity index (χ0) is 20.9. The van der Waals surface area contributed by atoms with Crippen LogP contribution in [0.4, 0.5) is 11.4 Å². The fraction of sp³-hybridized carbons (Fsp3) is 0.174. The topological polar surface area (TPSA) is 71.1 Å². The number of carbonyl (C=O) groups is 2. The molecule has 3 rings (SSSR count). The highest BCUT2D eigenvalue weighted by atomic mass is 32.2. The first-order chi connectivity index (χ1) is 13.8. The zero-order valence-corrected chi connectivity index (χ0v) is 17.4. The van der Waals surface area contributed by atoms with Crippen molar-refractivity contribution in [3.8, 4) is 0 Å². The normalized spacial score (nSPS) is 11.0. The summed E-state index contributed by atoms with van der Waals surface area (Å²) in [7, 11) is 0. The van der Waals surface area contributed by atoms with Crippen molar-refractivity contribution in [1.82, 2.24) is 4.98 Å². The highest BCUT2D eigenvalue weighted by Crippen LogP contribution is 2.29. The number of rotatable bonds is 5. The molecule has 0 aliphatic carbocycles. The highest BCUT2D eigenvalue weighted by molar-refractivity contribution is 7.99. The van der Waals surface area contributed by atoms with Crippen molar-refractivity contribution in [2.75, 3.05) is 10.6 Å². The number of hydrogen-bond donors (Lipinski definition) is 2. The van der Waals surface area contributed by atoms with E-state index in [1.807, 2.05) is 51.1 Å². The molecule has 0 spiro atoms. The molecule has 148 valence electrons. The number of nitrogens with one attached hydrogen (secondary N) is 2. The third-order valence-corrected chi connectivity index (χ3v) is 5.06. The lowest BCUT2D eigenvalue weighted by atomic mass is 9.95. The van der Waals surface area contributed by atoms with E-state index in [4.69, 9.17) is 0 Å². The molecule has 2 N–H and O–H groups in total. The van der Waals surface area contributed by atoms with Crippen molar-refractivity contribution in [3.05, 3.63) is 78.5 Å². The molecule has 1 heterocycles. The summed E-state index contributed by atoms with van der Waals surface area (Å²) in [4.78, 5) is 30.4. The zero-order valence-electron chi connectivity index (χ0n) is 16.6. The van der Waals surface area contributed by atoms with E-state index in [0.29, 0.717) is 22.0 Å². The van der Waals surface area contributed by atoms with Crippen LogP contribution in [0.1, 0.15) is 31.1 Å². The lowest BCUT2D eigenvalue weighted by molar-refractivity contribution is -0.123. The third-order valence-electron chi connectivity index (χ3n) is 4.03. The fourth-order valence-electron chi connectivity index (χ4n) is 2.44. The Kier molecular flexibility index (Phi) is 6.34. The largest absolute Gasteiger partial charge is 0.326 e. The van der Waals surface area contributed by atoms with E-state index in [-0.39, 0.29) is 11.8 Å². The molecular formula is C23H23N3O2S. The maximum Gasteiger partial charge on any atom is 0.258 e. The molecule has 0 atom stereocenters. The van der Waals surface area contributed by atoms with E-state index in [2.05, 4.69) is 15.6 Å². The van der Waals surface area contributed by atoms with Crippen LogP contribution in [0.3, 0.4) is 0 Å². The van der Waals surface area contributed by atoms with Gasteiger partial charge in [0.05, 0.1) is 5.56 Å². The Morgan fingerprint density at radius 2 is 1.55 bits per heavy atom. The average Bonchev–Trinajstić information content (AvgIpc) is 2.69. The van der Waals surface area contributed by atoms with Crippen LogP contribution < -0.4 is 10.6 Å². The van der Waals surface area contributed by atoms with E-state index < -0.39 is 5.41 Å². The molecule has 0 bridgehead atoms.